The average Bonchev–Trinajstić information content (AvgIpc) is 3.68. The monoisotopic (exact) mass is 559 g/mol. The maximum atomic E-state index is 13.1. The number of nitrogens with zero attached hydrogens (tertiary/aromatic N) is 1. The number of hydrogen-bond donors (Lipinski definition) is 1. The van der Waals surface area contributed by atoms with Gasteiger partial charge in [0.05, 0.1) is 39.1 Å². The van der Waals surface area contributed by atoms with Gasteiger partial charge < -0.3 is 28.8 Å². The smallest absolute Gasteiger partial charge is 0.334 e. The number of epoxide rings is 1. The summed E-state index contributed by atoms with van der Waals surface area (Å²) < 4.78 is 29.0. The first-order chi connectivity index (χ1) is 19.1. The highest BCUT2D eigenvalue weighted by molar-refractivity contribution is 5.92. The summed E-state index contributed by atoms with van der Waals surface area (Å²) in [5.74, 6) is -0.440. The Morgan fingerprint density at radius 2 is 1.93 bits per heavy atom. The van der Waals surface area contributed by atoms with Gasteiger partial charge in [0.25, 0.3) is 0 Å². The lowest BCUT2D eigenvalue weighted by molar-refractivity contribution is -0.173. The Hall–Kier alpha value is -2.01. The minimum atomic E-state index is -0.695. The van der Waals surface area contributed by atoms with Gasteiger partial charge in [-0.25, -0.2) is 4.79 Å². The molecule has 5 fully saturated rings. The Kier molecular flexibility index (Phi) is 6.04. The lowest BCUT2D eigenvalue weighted by Gasteiger charge is -2.59. The number of cyclic esters (lactones) is 1. The Balaban J connectivity index is 1.04. The second-order valence-electron chi connectivity index (χ2n) is 13.8. The van der Waals surface area contributed by atoms with Crippen LogP contribution in [0.1, 0.15) is 52.9 Å². The minimum absolute atomic E-state index is 0.0361. The zero-order chi connectivity index (χ0) is 28.1. The number of aliphatic hydroxyl groups is 1. The summed E-state index contributed by atoms with van der Waals surface area (Å²) in [4.78, 5) is 39.7. The zero-order valence-corrected chi connectivity index (χ0v) is 23.7. The van der Waals surface area contributed by atoms with E-state index in [9.17, 15) is 19.5 Å². The molecule has 3 aliphatic heterocycles. The van der Waals surface area contributed by atoms with Gasteiger partial charge in [0, 0.05) is 36.4 Å². The Labute approximate surface area is 234 Å². The van der Waals surface area contributed by atoms with Gasteiger partial charge >= 0.3 is 17.9 Å². The van der Waals surface area contributed by atoms with Crippen molar-refractivity contribution in [3.8, 4) is 0 Å². The zero-order valence-electron chi connectivity index (χ0n) is 23.7. The third-order valence-electron chi connectivity index (χ3n) is 11.9. The van der Waals surface area contributed by atoms with Gasteiger partial charge in [0.2, 0.25) is 0 Å². The quantitative estimate of drug-likeness (QED) is 0.203. The molecule has 0 amide bonds. The molecule has 0 aromatic heterocycles. The summed E-state index contributed by atoms with van der Waals surface area (Å²) in [5.41, 5.74) is 0.252. The second-order valence-corrected chi connectivity index (χ2v) is 13.8. The molecular formula is C30H41NO9. The van der Waals surface area contributed by atoms with Gasteiger partial charge in [0.1, 0.15) is 18.3 Å². The van der Waals surface area contributed by atoms with Crippen LogP contribution >= 0.6 is 0 Å². The number of carbonyl (C=O) groups excluding carboxylic acids is 3. The van der Waals surface area contributed by atoms with Crippen molar-refractivity contribution < 1.29 is 43.2 Å². The lowest BCUT2D eigenvalue weighted by Crippen LogP contribution is -2.65. The predicted octanol–water partition coefficient (Wildman–Crippen LogP) is 1.63. The molecule has 0 aromatic rings. The number of fused-ring (bicyclic) bond motifs is 5. The van der Waals surface area contributed by atoms with E-state index < -0.39 is 17.1 Å². The first kappa shape index (κ1) is 26.9. The van der Waals surface area contributed by atoms with Gasteiger partial charge in [-0.1, -0.05) is 20.8 Å². The molecular weight excluding hydrogens is 518 g/mol. The van der Waals surface area contributed by atoms with Crippen molar-refractivity contribution in [2.75, 3.05) is 52.7 Å². The summed E-state index contributed by atoms with van der Waals surface area (Å²) in [6, 6.07) is 0. The van der Waals surface area contributed by atoms with Crippen molar-refractivity contribution in [3.63, 3.8) is 0 Å². The molecule has 0 bridgehead atoms. The summed E-state index contributed by atoms with van der Waals surface area (Å²) in [5, 5.41) is 11.3. The van der Waals surface area contributed by atoms with Crippen LogP contribution in [0.3, 0.4) is 0 Å². The Morgan fingerprint density at radius 1 is 1.15 bits per heavy atom. The maximum Gasteiger partial charge on any atom is 0.334 e. The van der Waals surface area contributed by atoms with Crippen molar-refractivity contribution in [1.29, 1.82) is 0 Å². The fourth-order valence-electron chi connectivity index (χ4n) is 10.1. The Bertz CT molecular complexity index is 1160. The molecule has 3 saturated carbocycles. The molecule has 0 radical (unpaired) electrons. The third-order valence-corrected chi connectivity index (χ3v) is 11.9. The standard InChI is InChI=1S/C30H41NO9/c1-27(2)23-24(27)29(16-32)28(3)7-6-17-18(15-38-26(17)35)19(28)13-20-30(29,40-20)25(23)39-21(33)5-4-10-37-22(34)14-31-8-11-36-12-9-31/h19-20,23-25,32H,4-16H2,1-3H3/t19?,20?,23?,24-,25?,28?,29?,30?/m0/s1. The van der Waals surface area contributed by atoms with E-state index in [2.05, 4.69) is 20.8 Å². The van der Waals surface area contributed by atoms with Crippen LogP contribution in [0.15, 0.2) is 11.1 Å². The molecule has 4 aliphatic carbocycles. The molecule has 3 heterocycles. The van der Waals surface area contributed by atoms with E-state index in [1.807, 2.05) is 4.90 Å². The molecule has 10 nitrogen and oxygen atoms in total. The molecule has 7 aliphatic rings. The van der Waals surface area contributed by atoms with Crippen LogP contribution in [0.25, 0.3) is 0 Å². The number of hydrogen-bond acceptors (Lipinski definition) is 10. The van der Waals surface area contributed by atoms with Crippen LogP contribution in [0.2, 0.25) is 0 Å². The van der Waals surface area contributed by atoms with Gasteiger partial charge in [0.15, 0.2) is 0 Å². The molecule has 10 heteroatoms. The van der Waals surface area contributed by atoms with Crippen LogP contribution < -0.4 is 0 Å². The normalized spacial score (nSPS) is 44.0. The van der Waals surface area contributed by atoms with E-state index in [0.29, 0.717) is 45.8 Å². The van der Waals surface area contributed by atoms with E-state index in [1.165, 1.54) is 0 Å². The van der Waals surface area contributed by atoms with E-state index in [1.54, 1.807) is 0 Å². The highest BCUT2D eigenvalue weighted by Gasteiger charge is 2.96. The van der Waals surface area contributed by atoms with E-state index in [-0.39, 0.29) is 78.8 Å². The molecule has 0 aromatic carbocycles. The maximum absolute atomic E-state index is 13.1. The fourth-order valence-corrected chi connectivity index (χ4v) is 10.1. The van der Waals surface area contributed by atoms with Crippen LogP contribution in [-0.4, -0.2) is 98.4 Å². The third kappa shape index (κ3) is 3.39. The van der Waals surface area contributed by atoms with Gasteiger partial charge in [-0.2, -0.15) is 0 Å². The van der Waals surface area contributed by atoms with Crippen LogP contribution in [-0.2, 0) is 38.1 Å². The largest absolute Gasteiger partial charge is 0.465 e. The first-order valence-electron chi connectivity index (χ1n) is 14.9. The highest BCUT2D eigenvalue weighted by Crippen LogP contribution is 2.89. The summed E-state index contributed by atoms with van der Waals surface area (Å²) in [6.07, 6.45) is 2.18. The molecule has 1 spiro atoms. The molecule has 1 N–H and O–H groups in total. The summed E-state index contributed by atoms with van der Waals surface area (Å²) >= 11 is 0. The highest BCUT2D eigenvalue weighted by atomic mass is 16.7. The molecule has 7 unspecified atom stereocenters. The predicted molar refractivity (Wildman–Crippen MR) is 139 cm³/mol. The number of morpholine rings is 1. The Morgan fingerprint density at radius 3 is 2.67 bits per heavy atom. The van der Waals surface area contributed by atoms with E-state index >= 15 is 0 Å². The molecule has 2 saturated heterocycles. The van der Waals surface area contributed by atoms with Crippen LogP contribution in [0, 0.1) is 34.0 Å². The number of ether oxygens (including phenoxy) is 5. The summed E-state index contributed by atoms with van der Waals surface area (Å²) in [6.45, 7) is 10.1. The van der Waals surface area contributed by atoms with Crippen molar-refractivity contribution in [2.45, 2.75) is 70.7 Å². The number of carbonyl (C=O) groups is 3. The second kappa shape index (κ2) is 8.99. The van der Waals surface area contributed by atoms with Gasteiger partial charge in [-0.3, -0.25) is 14.5 Å². The SMILES string of the molecule is CC1(C)C2C(OC(=O)CCCOC(=O)CN3CCOCC3)C34OC3CC3C5=C(CCC3(C)C4(CO)[C@@H]21)C(=O)OC5. The number of aliphatic hydroxyl groups excluding tert-OH is 1. The fraction of sp³-hybridized carbons (Fsp3) is 0.833. The van der Waals surface area contributed by atoms with Crippen LogP contribution in [0.5, 0.6) is 0 Å². The van der Waals surface area contributed by atoms with Gasteiger partial charge in [-0.15, -0.1) is 0 Å². The van der Waals surface area contributed by atoms with E-state index in [0.717, 1.165) is 24.0 Å². The molecule has 220 valence electrons. The lowest BCUT2D eigenvalue weighted by atomic mass is 9.43. The van der Waals surface area contributed by atoms with Gasteiger partial charge in [-0.05, 0) is 53.9 Å². The molecule has 7 rings (SSSR count). The number of rotatable bonds is 8. The molecule has 8 atom stereocenters. The summed E-state index contributed by atoms with van der Waals surface area (Å²) in [7, 11) is 0. The van der Waals surface area contributed by atoms with E-state index in [4.69, 9.17) is 23.7 Å². The average molecular weight is 560 g/mol. The van der Waals surface area contributed by atoms with Crippen LogP contribution in [0.4, 0.5) is 0 Å². The number of esters is 3. The van der Waals surface area contributed by atoms with Crippen molar-refractivity contribution in [2.24, 2.45) is 34.0 Å². The van der Waals surface area contributed by atoms with Crippen molar-refractivity contribution >= 4 is 17.9 Å². The topological polar surface area (TPSA) is 124 Å². The van der Waals surface area contributed by atoms with Crippen molar-refractivity contribution in [1.82, 2.24) is 4.90 Å². The van der Waals surface area contributed by atoms with Crippen molar-refractivity contribution in [3.05, 3.63) is 11.1 Å². The minimum Gasteiger partial charge on any atom is -0.465 e. The first-order valence-corrected chi connectivity index (χ1v) is 14.9. The molecule has 40 heavy (non-hydrogen) atoms.